The summed E-state index contributed by atoms with van der Waals surface area (Å²) in [5.74, 6) is -0.359. The van der Waals surface area contributed by atoms with Crippen molar-refractivity contribution in [2.24, 2.45) is 5.73 Å². The fourth-order valence-electron chi connectivity index (χ4n) is 1.89. The molecule has 1 aromatic rings. The van der Waals surface area contributed by atoms with Crippen LogP contribution in [0.4, 0.5) is 24.5 Å². The lowest BCUT2D eigenvalue weighted by Gasteiger charge is -2.22. The van der Waals surface area contributed by atoms with Crippen molar-refractivity contribution in [3.05, 3.63) is 23.3 Å². The van der Waals surface area contributed by atoms with Crippen molar-refractivity contribution in [3.63, 3.8) is 0 Å². The summed E-state index contributed by atoms with van der Waals surface area (Å²) in [7, 11) is 0. The molecule has 18 heavy (non-hydrogen) atoms. The molecule has 1 aromatic carbocycles. The van der Waals surface area contributed by atoms with E-state index in [4.69, 9.17) is 5.73 Å². The predicted molar refractivity (Wildman–Crippen MR) is 61.3 cm³/mol. The molecular formula is C11H12F3N3O. The minimum absolute atomic E-state index is 0.0560. The van der Waals surface area contributed by atoms with Gasteiger partial charge in [0.05, 0.1) is 23.5 Å². The van der Waals surface area contributed by atoms with Crippen molar-refractivity contribution in [2.75, 3.05) is 23.7 Å². The van der Waals surface area contributed by atoms with Crippen molar-refractivity contribution >= 4 is 17.3 Å². The smallest absolute Gasteiger partial charge is 0.374 e. The molecule has 0 unspecified atom stereocenters. The Morgan fingerprint density at radius 3 is 2.61 bits per heavy atom. The summed E-state index contributed by atoms with van der Waals surface area (Å²) in [5.41, 5.74) is 5.34. The third-order valence-electron chi connectivity index (χ3n) is 2.68. The van der Waals surface area contributed by atoms with E-state index in [-0.39, 0.29) is 36.7 Å². The molecule has 0 fully saturated rings. The number of hydrogen-bond acceptors (Lipinski definition) is 3. The number of carbonyl (C=O) groups is 1. The molecule has 0 aromatic heterocycles. The van der Waals surface area contributed by atoms with Crippen LogP contribution in [0.1, 0.15) is 11.1 Å². The van der Waals surface area contributed by atoms with Gasteiger partial charge in [-0.15, -0.1) is 0 Å². The molecule has 0 bridgehead atoms. The van der Waals surface area contributed by atoms with Crippen LogP contribution < -0.4 is 16.4 Å². The average molecular weight is 259 g/mol. The van der Waals surface area contributed by atoms with Gasteiger partial charge in [-0.1, -0.05) is 0 Å². The van der Waals surface area contributed by atoms with E-state index >= 15 is 0 Å². The van der Waals surface area contributed by atoms with E-state index in [2.05, 4.69) is 10.6 Å². The Balaban J connectivity index is 2.50. The molecule has 4 N–H and O–H groups in total. The molecule has 98 valence electrons. The van der Waals surface area contributed by atoms with Crippen LogP contribution in [-0.2, 0) is 17.4 Å². The van der Waals surface area contributed by atoms with Crippen LogP contribution in [0.2, 0.25) is 0 Å². The lowest BCUT2D eigenvalue weighted by Crippen LogP contribution is -2.28. The lowest BCUT2D eigenvalue weighted by molar-refractivity contribution is -0.138. The summed E-state index contributed by atoms with van der Waals surface area (Å²) < 4.78 is 38.6. The predicted octanol–water partition coefficient (Wildman–Crippen LogP) is 1.57. The number of carbonyl (C=O) groups excluding carboxylic acids is 1. The Labute approximate surface area is 101 Å². The first-order valence-corrected chi connectivity index (χ1v) is 5.39. The second-order valence-corrected chi connectivity index (χ2v) is 3.99. The molecule has 0 saturated carbocycles. The van der Waals surface area contributed by atoms with Gasteiger partial charge in [0.2, 0.25) is 5.91 Å². The van der Waals surface area contributed by atoms with Crippen LogP contribution in [0.3, 0.4) is 0 Å². The highest BCUT2D eigenvalue weighted by atomic mass is 19.4. The van der Waals surface area contributed by atoms with E-state index in [1.807, 2.05) is 0 Å². The van der Waals surface area contributed by atoms with Crippen molar-refractivity contribution in [1.82, 2.24) is 0 Å². The number of amides is 1. The summed E-state index contributed by atoms with van der Waals surface area (Å²) in [6.45, 7) is 0.189. The maximum absolute atomic E-state index is 12.9. The first kappa shape index (κ1) is 12.7. The van der Waals surface area contributed by atoms with Gasteiger partial charge in [0.1, 0.15) is 0 Å². The van der Waals surface area contributed by atoms with Gasteiger partial charge in [-0.3, -0.25) is 4.79 Å². The van der Waals surface area contributed by atoms with Gasteiger partial charge in [0.15, 0.2) is 0 Å². The summed E-state index contributed by atoms with van der Waals surface area (Å²) in [4.78, 5) is 11.1. The van der Waals surface area contributed by atoms with Crippen molar-refractivity contribution in [1.29, 1.82) is 0 Å². The van der Waals surface area contributed by atoms with Gasteiger partial charge >= 0.3 is 6.18 Å². The summed E-state index contributed by atoms with van der Waals surface area (Å²) in [6.07, 6.45) is -4.32. The van der Waals surface area contributed by atoms with E-state index in [1.165, 1.54) is 6.07 Å². The topological polar surface area (TPSA) is 67.1 Å². The molecular weight excluding hydrogens is 247 g/mol. The van der Waals surface area contributed by atoms with Gasteiger partial charge in [-0.2, -0.15) is 13.2 Å². The summed E-state index contributed by atoms with van der Waals surface area (Å²) >= 11 is 0. The van der Waals surface area contributed by atoms with E-state index in [1.54, 1.807) is 0 Å². The van der Waals surface area contributed by atoms with Crippen molar-refractivity contribution < 1.29 is 18.0 Å². The number of nitrogens with two attached hydrogens (primary N) is 1. The van der Waals surface area contributed by atoms with Gasteiger partial charge in [0, 0.05) is 0 Å². The van der Waals surface area contributed by atoms with Gasteiger partial charge in [0.25, 0.3) is 0 Å². The van der Waals surface area contributed by atoms with Crippen LogP contribution in [0.25, 0.3) is 0 Å². The Morgan fingerprint density at radius 1 is 1.28 bits per heavy atom. The summed E-state index contributed by atoms with van der Waals surface area (Å²) in [5, 5.41) is 5.18. The molecule has 1 amide bonds. The maximum atomic E-state index is 12.9. The Kier molecular flexibility index (Phi) is 3.16. The van der Waals surface area contributed by atoms with Crippen molar-refractivity contribution in [3.8, 4) is 0 Å². The van der Waals surface area contributed by atoms with E-state index < -0.39 is 11.7 Å². The third-order valence-corrected chi connectivity index (χ3v) is 2.68. The van der Waals surface area contributed by atoms with Gasteiger partial charge in [-0.25, -0.2) is 0 Å². The van der Waals surface area contributed by atoms with Crippen LogP contribution in [0, 0.1) is 0 Å². The Bertz CT molecular complexity index is 485. The first-order valence-electron chi connectivity index (χ1n) is 5.39. The number of fused-ring (bicyclic) bond motifs is 1. The molecule has 0 aliphatic carbocycles. The Hall–Kier alpha value is -1.76. The number of anilines is 2. The highest BCUT2D eigenvalue weighted by molar-refractivity contribution is 6.00. The molecule has 2 rings (SSSR count). The number of benzene rings is 1. The monoisotopic (exact) mass is 259 g/mol. The number of hydrogen-bond donors (Lipinski definition) is 3. The number of alkyl halides is 3. The molecule has 0 radical (unpaired) electrons. The van der Waals surface area contributed by atoms with Crippen LogP contribution in [-0.4, -0.2) is 19.0 Å². The largest absolute Gasteiger partial charge is 0.416 e. The van der Waals surface area contributed by atoms with E-state index in [0.29, 0.717) is 5.69 Å². The zero-order chi connectivity index (χ0) is 13.3. The second-order valence-electron chi connectivity index (χ2n) is 3.99. The highest BCUT2D eigenvalue weighted by Gasteiger charge is 2.34. The van der Waals surface area contributed by atoms with E-state index in [9.17, 15) is 18.0 Å². The number of halogens is 3. The van der Waals surface area contributed by atoms with E-state index in [0.717, 1.165) is 6.07 Å². The molecule has 1 heterocycles. The molecule has 0 saturated heterocycles. The number of nitrogens with one attached hydrogen (secondary N) is 2. The fraction of sp³-hybridized carbons (Fsp3) is 0.364. The first-order chi connectivity index (χ1) is 8.41. The molecule has 1 aliphatic rings. The molecule has 4 nitrogen and oxygen atoms in total. The quantitative estimate of drug-likeness (QED) is 0.755. The molecule has 0 spiro atoms. The third kappa shape index (κ3) is 2.40. The molecule has 7 heteroatoms. The molecule has 0 atom stereocenters. The zero-order valence-electron chi connectivity index (χ0n) is 9.40. The Morgan fingerprint density at radius 2 is 2.00 bits per heavy atom. The molecule has 1 aliphatic heterocycles. The van der Waals surface area contributed by atoms with Crippen LogP contribution in [0.5, 0.6) is 0 Å². The highest BCUT2D eigenvalue weighted by Crippen LogP contribution is 2.38. The minimum atomic E-state index is -4.46. The van der Waals surface area contributed by atoms with Gasteiger partial charge in [-0.05, 0) is 30.7 Å². The van der Waals surface area contributed by atoms with Crippen LogP contribution >= 0.6 is 0 Å². The number of rotatable bonds is 2. The fourth-order valence-corrected chi connectivity index (χ4v) is 1.89. The standard InChI is InChI=1S/C11H12F3N3O/c12-11(13,14)7-4-9-8(3-6(7)1-2-15)16-5-10(18)17-9/h3-4,16H,1-2,5,15H2,(H,17,18). The van der Waals surface area contributed by atoms with Gasteiger partial charge < -0.3 is 16.4 Å². The maximum Gasteiger partial charge on any atom is 0.416 e. The lowest BCUT2D eigenvalue weighted by atomic mass is 10.0. The van der Waals surface area contributed by atoms with Crippen molar-refractivity contribution in [2.45, 2.75) is 12.6 Å². The summed E-state index contributed by atoms with van der Waals surface area (Å²) in [6, 6.07) is 2.34. The minimum Gasteiger partial charge on any atom is -0.374 e. The SMILES string of the molecule is NCCc1cc2c(cc1C(F)(F)F)NC(=O)CN2. The van der Waals surface area contributed by atoms with Crippen LogP contribution in [0.15, 0.2) is 12.1 Å². The zero-order valence-corrected chi connectivity index (χ0v) is 9.40. The second kappa shape index (κ2) is 4.49. The normalized spacial score (nSPS) is 14.8. The average Bonchev–Trinajstić information content (AvgIpc) is 2.27.